The molecule has 2 aliphatic rings. The van der Waals surface area contributed by atoms with Crippen molar-refractivity contribution < 1.29 is 5.11 Å². The first-order valence-electron chi connectivity index (χ1n) is 6.23. The third-order valence-corrected chi connectivity index (χ3v) is 3.82. The van der Waals surface area contributed by atoms with Gasteiger partial charge in [-0.1, -0.05) is 31.8 Å². The minimum absolute atomic E-state index is 0.400. The van der Waals surface area contributed by atoms with Crippen LogP contribution in [0.5, 0.6) is 0 Å². The molecule has 14 heavy (non-hydrogen) atoms. The van der Waals surface area contributed by atoms with Gasteiger partial charge in [0, 0.05) is 0 Å². The van der Waals surface area contributed by atoms with Crippen LogP contribution >= 0.6 is 0 Å². The summed E-state index contributed by atoms with van der Waals surface area (Å²) in [4.78, 5) is 0. The second-order valence-electron chi connectivity index (χ2n) is 4.92. The molecule has 0 aromatic rings. The largest absolute Gasteiger partial charge is 0.386 e. The van der Waals surface area contributed by atoms with E-state index in [1.165, 1.54) is 50.5 Å². The summed E-state index contributed by atoms with van der Waals surface area (Å²) in [6, 6.07) is 0. The highest BCUT2D eigenvalue weighted by atomic mass is 16.3. The Morgan fingerprint density at radius 2 is 1.64 bits per heavy atom. The third-order valence-electron chi connectivity index (χ3n) is 3.82. The SMILES string of the molecule is OC1(C2=CCCCCC2)CCCCC1. The normalized spacial score (nSPS) is 27.9. The zero-order valence-electron chi connectivity index (χ0n) is 9.10. The van der Waals surface area contributed by atoms with Gasteiger partial charge in [-0.25, -0.2) is 0 Å². The van der Waals surface area contributed by atoms with Crippen LogP contribution in [0, 0.1) is 0 Å². The number of hydrogen-bond acceptors (Lipinski definition) is 1. The highest BCUT2D eigenvalue weighted by Gasteiger charge is 2.32. The third kappa shape index (κ3) is 2.20. The number of allylic oxidation sites excluding steroid dienone is 1. The molecule has 1 nitrogen and oxygen atoms in total. The minimum atomic E-state index is -0.400. The molecule has 0 saturated heterocycles. The molecular weight excluding hydrogens is 172 g/mol. The summed E-state index contributed by atoms with van der Waals surface area (Å²) in [6.45, 7) is 0. The summed E-state index contributed by atoms with van der Waals surface area (Å²) in [5.41, 5.74) is 0.970. The smallest absolute Gasteiger partial charge is 0.0856 e. The molecule has 0 aliphatic heterocycles. The van der Waals surface area contributed by atoms with Crippen LogP contribution in [0.15, 0.2) is 11.6 Å². The molecule has 0 heterocycles. The Morgan fingerprint density at radius 3 is 2.43 bits per heavy atom. The van der Waals surface area contributed by atoms with Crippen LogP contribution in [-0.2, 0) is 0 Å². The van der Waals surface area contributed by atoms with Crippen LogP contribution in [0.2, 0.25) is 0 Å². The van der Waals surface area contributed by atoms with Gasteiger partial charge in [0.05, 0.1) is 5.60 Å². The van der Waals surface area contributed by atoms with E-state index in [2.05, 4.69) is 6.08 Å². The van der Waals surface area contributed by atoms with Crippen molar-refractivity contribution in [3.05, 3.63) is 11.6 Å². The summed E-state index contributed by atoms with van der Waals surface area (Å²) in [6.07, 6.45) is 14.4. The fourth-order valence-corrected chi connectivity index (χ4v) is 2.90. The van der Waals surface area contributed by atoms with E-state index in [-0.39, 0.29) is 0 Å². The van der Waals surface area contributed by atoms with Crippen molar-refractivity contribution in [2.45, 2.75) is 69.8 Å². The molecule has 2 rings (SSSR count). The first kappa shape index (κ1) is 10.2. The molecule has 0 aromatic carbocycles. The fraction of sp³-hybridized carbons (Fsp3) is 0.846. The number of rotatable bonds is 1. The zero-order valence-corrected chi connectivity index (χ0v) is 9.10. The molecule has 0 unspecified atom stereocenters. The van der Waals surface area contributed by atoms with Crippen molar-refractivity contribution in [2.24, 2.45) is 0 Å². The lowest BCUT2D eigenvalue weighted by Gasteiger charge is -2.34. The maximum absolute atomic E-state index is 10.6. The van der Waals surface area contributed by atoms with Crippen LogP contribution in [-0.4, -0.2) is 10.7 Å². The van der Waals surface area contributed by atoms with Crippen LogP contribution in [0.25, 0.3) is 0 Å². The Hall–Kier alpha value is -0.300. The lowest BCUT2D eigenvalue weighted by Crippen LogP contribution is -2.33. The first-order valence-corrected chi connectivity index (χ1v) is 6.23. The van der Waals surface area contributed by atoms with Crippen molar-refractivity contribution in [2.75, 3.05) is 0 Å². The van der Waals surface area contributed by atoms with Crippen molar-refractivity contribution in [1.82, 2.24) is 0 Å². The van der Waals surface area contributed by atoms with Crippen molar-refractivity contribution in [3.8, 4) is 0 Å². The quantitative estimate of drug-likeness (QED) is 0.633. The lowest BCUT2D eigenvalue weighted by atomic mass is 9.78. The van der Waals surface area contributed by atoms with Gasteiger partial charge < -0.3 is 5.11 Å². The summed E-state index contributed by atoms with van der Waals surface area (Å²) < 4.78 is 0. The molecule has 2 aliphatic carbocycles. The Balaban J connectivity index is 2.06. The van der Waals surface area contributed by atoms with E-state index in [1.807, 2.05) is 0 Å². The topological polar surface area (TPSA) is 20.2 Å². The second-order valence-corrected chi connectivity index (χ2v) is 4.92. The molecule has 0 atom stereocenters. The molecule has 0 spiro atoms. The standard InChI is InChI=1S/C13H22O/c14-13(10-6-3-7-11-13)12-8-4-1-2-5-9-12/h8,14H,1-7,9-11H2. The predicted octanol–water partition coefficient (Wildman–Crippen LogP) is 3.57. The molecule has 1 fully saturated rings. The van der Waals surface area contributed by atoms with E-state index in [4.69, 9.17) is 0 Å². The monoisotopic (exact) mass is 194 g/mol. The van der Waals surface area contributed by atoms with Gasteiger partial charge in [-0.3, -0.25) is 0 Å². The maximum atomic E-state index is 10.6. The molecule has 80 valence electrons. The summed E-state index contributed by atoms with van der Waals surface area (Å²) in [5.74, 6) is 0. The summed E-state index contributed by atoms with van der Waals surface area (Å²) in [5, 5.41) is 10.6. The Bertz CT molecular complexity index is 211. The van der Waals surface area contributed by atoms with E-state index in [9.17, 15) is 5.11 Å². The lowest BCUT2D eigenvalue weighted by molar-refractivity contribution is 0.0362. The van der Waals surface area contributed by atoms with E-state index in [0.29, 0.717) is 0 Å². The van der Waals surface area contributed by atoms with Crippen LogP contribution in [0.1, 0.15) is 64.2 Å². The van der Waals surface area contributed by atoms with E-state index < -0.39 is 5.60 Å². The fourth-order valence-electron chi connectivity index (χ4n) is 2.90. The van der Waals surface area contributed by atoms with Crippen molar-refractivity contribution >= 4 is 0 Å². The van der Waals surface area contributed by atoms with Crippen LogP contribution in [0.4, 0.5) is 0 Å². The molecule has 1 heteroatoms. The van der Waals surface area contributed by atoms with Crippen LogP contribution < -0.4 is 0 Å². The minimum Gasteiger partial charge on any atom is -0.386 e. The van der Waals surface area contributed by atoms with Gasteiger partial charge in [0.25, 0.3) is 0 Å². The van der Waals surface area contributed by atoms with Crippen molar-refractivity contribution in [3.63, 3.8) is 0 Å². The average molecular weight is 194 g/mol. The molecule has 1 saturated carbocycles. The van der Waals surface area contributed by atoms with E-state index >= 15 is 0 Å². The highest BCUT2D eigenvalue weighted by Crippen LogP contribution is 2.37. The Labute approximate surface area is 87.2 Å². The van der Waals surface area contributed by atoms with Gasteiger partial charge >= 0.3 is 0 Å². The van der Waals surface area contributed by atoms with Gasteiger partial charge in [-0.05, 0) is 44.1 Å². The highest BCUT2D eigenvalue weighted by molar-refractivity contribution is 5.18. The maximum Gasteiger partial charge on any atom is 0.0856 e. The number of aliphatic hydroxyl groups is 1. The van der Waals surface area contributed by atoms with Gasteiger partial charge in [0.2, 0.25) is 0 Å². The van der Waals surface area contributed by atoms with Gasteiger partial charge in [-0.15, -0.1) is 0 Å². The van der Waals surface area contributed by atoms with Gasteiger partial charge in [0.15, 0.2) is 0 Å². The molecule has 0 aromatic heterocycles. The summed E-state index contributed by atoms with van der Waals surface area (Å²) in [7, 11) is 0. The second kappa shape index (κ2) is 4.48. The van der Waals surface area contributed by atoms with E-state index in [1.54, 1.807) is 0 Å². The van der Waals surface area contributed by atoms with Crippen molar-refractivity contribution in [1.29, 1.82) is 0 Å². The molecule has 0 bridgehead atoms. The first-order chi connectivity index (χ1) is 6.81. The molecule has 0 amide bonds. The molecular formula is C13H22O. The summed E-state index contributed by atoms with van der Waals surface area (Å²) >= 11 is 0. The van der Waals surface area contributed by atoms with Crippen LogP contribution in [0.3, 0.4) is 0 Å². The average Bonchev–Trinajstić information content (AvgIpc) is 2.47. The molecule has 0 radical (unpaired) electrons. The van der Waals surface area contributed by atoms with Gasteiger partial charge in [-0.2, -0.15) is 0 Å². The van der Waals surface area contributed by atoms with Gasteiger partial charge in [0.1, 0.15) is 0 Å². The number of hydrogen-bond donors (Lipinski definition) is 1. The van der Waals surface area contributed by atoms with E-state index in [0.717, 1.165) is 19.3 Å². The Kier molecular flexibility index (Phi) is 3.27. The molecule has 1 N–H and O–H groups in total. The predicted molar refractivity (Wildman–Crippen MR) is 59.2 cm³/mol. The Morgan fingerprint density at radius 1 is 0.929 bits per heavy atom. The zero-order chi connectivity index (χ0) is 9.86.